The second kappa shape index (κ2) is 5.79. The molecule has 0 bridgehead atoms. The quantitative estimate of drug-likeness (QED) is 0.856. The predicted octanol–water partition coefficient (Wildman–Crippen LogP) is 4.21. The van der Waals surface area contributed by atoms with Crippen LogP contribution in [0.1, 0.15) is 50.7 Å². The lowest BCUT2D eigenvalue weighted by molar-refractivity contribution is 0.0673. The molecule has 1 aromatic carbocycles. The molecule has 1 fully saturated rings. The fourth-order valence-electron chi connectivity index (χ4n) is 3.01. The first-order valence-electron chi connectivity index (χ1n) is 6.74. The van der Waals surface area contributed by atoms with Gasteiger partial charge in [0.25, 0.3) is 0 Å². The molecule has 3 atom stereocenters. The summed E-state index contributed by atoms with van der Waals surface area (Å²) < 4.78 is 26.3. The zero-order chi connectivity index (χ0) is 13.1. The van der Waals surface area contributed by atoms with Crippen molar-refractivity contribution in [3.05, 3.63) is 35.4 Å². The van der Waals surface area contributed by atoms with Crippen LogP contribution in [0.5, 0.6) is 0 Å². The van der Waals surface area contributed by atoms with E-state index in [1.807, 2.05) is 0 Å². The molecule has 3 heteroatoms. The van der Waals surface area contributed by atoms with Gasteiger partial charge in [0.15, 0.2) is 0 Å². The Morgan fingerprint density at radius 1 is 1.22 bits per heavy atom. The average Bonchev–Trinajstić information content (AvgIpc) is 2.37. The highest BCUT2D eigenvalue weighted by Gasteiger charge is 2.27. The van der Waals surface area contributed by atoms with E-state index in [1.165, 1.54) is 18.6 Å². The van der Waals surface area contributed by atoms with Gasteiger partial charge in [-0.15, -0.1) is 0 Å². The van der Waals surface area contributed by atoms with Crippen molar-refractivity contribution in [1.29, 1.82) is 0 Å². The second-order valence-corrected chi connectivity index (χ2v) is 5.35. The van der Waals surface area contributed by atoms with Gasteiger partial charge in [0.1, 0.15) is 11.6 Å². The van der Waals surface area contributed by atoms with Crippen LogP contribution in [0.2, 0.25) is 0 Å². The van der Waals surface area contributed by atoms with E-state index in [4.69, 9.17) is 0 Å². The highest BCUT2D eigenvalue weighted by Crippen LogP contribution is 2.38. The van der Waals surface area contributed by atoms with Gasteiger partial charge in [-0.05, 0) is 42.4 Å². The number of halogens is 2. The van der Waals surface area contributed by atoms with Crippen LogP contribution in [0.15, 0.2) is 18.2 Å². The summed E-state index contributed by atoms with van der Waals surface area (Å²) in [6, 6.07) is 3.32. The molecule has 2 rings (SSSR count). The molecular formula is C15H20F2O. The van der Waals surface area contributed by atoms with Crippen LogP contribution in [0, 0.1) is 23.5 Å². The summed E-state index contributed by atoms with van der Waals surface area (Å²) in [4.78, 5) is 0. The van der Waals surface area contributed by atoms with Gasteiger partial charge in [0.2, 0.25) is 0 Å². The van der Waals surface area contributed by atoms with Crippen molar-refractivity contribution in [2.24, 2.45) is 11.8 Å². The molecule has 0 heterocycles. The molecule has 0 aliphatic heterocycles. The average molecular weight is 254 g/mol. The molecule has 100 valence electrons. The topological polar surface area (TPSA) is 20.2 Å². The third-order valence-electron chi connectivity index (χ3n) is 4.07. The number of hydrogen-bond acceptors (Lipinski definition) is 1. The lowest BCUT2D eigenvalue weighted by atomic mass is 9.76. The molecule has 0 aromatic heterocycles. The van der Waals surface area contributed by atoms with Crippen molar-refractivity contribution in [3.8, 4) is 0 Å². The summed E-state index contributed by atoms with van der Waals surface area (Å²) in [6.07, 6.45) is 4.56. The number of rotatable bonds is 3. The van der Waals surface area contributed by atoms with Gasteiger partial charge in [-0.25, -0.2) is 8.78 Å². The number of hydrogen-bond donors (Lipinski definition) is 1. The van der Waals surface area contributed by atoms with Crippen LogP contribution >= 0.6 is 0 Å². The predicted molar refractivity (Wildman–Crippen MR) is 67.1 cm³/mol. The minimum atomic E-state index is -0.746. The molecular weight excluding hydrogens is 234 g/mol. The molecule has 1 nitrogen and oxygen atoms in total. The Morgan fingerprint density at radius 2 is 1.89 bits per heavy atom. The molecule has 0 amide bonds. The summed E-state index contributed by atoms with van der Waals surface area (Å²) in [5, 5.41) is 10.3. The Hall–Kier alpha value is -0.960. The monoisotopic (exact) mass is 254 g/mol. The van der Waals surface area contributed by atoms with Gasteiger partial charge in [-0.3, -0.25) is 0 Å². The number of benzene rings is 1. The van der Waals surface area contributed by atoms with Gasteiger partial charge >= 0.3 is 0 Å². The third kappa shape index (κ3) is 3.08. The minimum absolute atomic E-state index is 0.130. The van der Waals surface area contributed by atoms with Gasteiger partial charge < -0.3 is 5.11 Å². The van der Waals surface area contributed by atoms with Crippen LogP contribution < -0.4 is 0 Å². The normalized spacial score (nSPS) is 26.0. The summed E-state index contributed by atoms with van der Waals surface area (Å²) >= 11 is 0. The van der Waals surface area contributed by atoms with Crippen LogP contribution in [-0.4, -0.2) is 5.11 Å². The smallest absolute Gasteiger partial charge is 0.126 e. The van der Waals surface area contributed by atoms with Crippen molar-refractivity contribution in [1.82, 2.24) is 0 Å². The molecule has 1 aromatic rings. The van der Waals surface area contributed by atoms with Crippen LogP contribution in [-0.2, 0) is 0 Å². The molecule has 1 aliphatic carbocycles. The van der Waals surface area contributed by atoms with Crippen LogP contribution in [0.25, 0.3) is 0 Å². The van der Waals surface area contributed by atoms with E-state index in [-0.39, 0.29) is 5.92 Å². The SMILES string of the molecule is CCC1CCCC(C(O)c2cc(F)cc(F)c2)C1. The van der Waals surface area contributed by atoms with Crippen molar-refractivity contribution >= 4 is 0 Å². The summed E-state index contributed by atoms with van der Waals surface area (Å²) in [6.45, 7) is 2.15. The molecule has 3 unspecified atom stereocenters. The Bertz CT molecular complexity index is 385. The Balaban J connectivity index is 2.12. The fraction of sp³-hybridized carbons (Fsp3) is 0.600. The first-order chi connectivity index (χ1) is 8.60. The molecule has 1 saturated carbocycles. The Morgan fingerprint density at radius 3 is 2.50 bits per heavy atom. The number of aliphatic hydroxyl groups is 1. The van der Waals surface area contributed by atoms with Gasteiger partial charge in [0.05, 0.1) is 6.10 Å². The fourth-order valence-corrected chi connectivity index (χ4v) is 3.01. The molecule has 1 aliphatic rings. The molecule has 0 spiro atoms. The maximum absolute atomic E-state index is 13.1. The lowest BCUT2D eigenvalue weighted by Crippen LogP contribution is -2.21. The maximum Gasteiger partial charge on any atom is 0.126 e. The molecule has 0 saturated heterocycles. The first kappa shape index (κ1) is 13.5. The summed E-state index contributed by atoms with van der Waals surface area (Å²) in [5.74, 6) is -0.472. The standard InChI is InChI=1S/C15H20F2O/c1-2-10-4-3-5-11(6-10)15(18)12-7-13(16)9-14(17)8-12/h7-11,15,18H,2-6H2,1H3. The van der Waals surface area contributed by atoms with E-state index in [0.717, 1.165) is 31.7 Å². The Kier molecular flexibility index (Phi) is 4.33. The third-order valence-corrected chi connectivity index (χ3v) is 4.07. The first-order valence-corrected chi connectivity index (χ1v) is 6.74. The zero-order valence-corrected chi connectivity index (χ0v) is 10.7. The summed E-state index contributed by atoms with van der Waals surface area (Å²) in [7, 11) is 0. The van der Waals surface area contributed by atoms with Crippen LogP contribution in [0.4, 0.5) is 8.78 Å². The highest BCUT2D eigenvalue weighted by molar-refractivity contribution is 5.20. The molecule has 1 N–H and O–H groups in total. The van der Waals surface area contributed by atoms with Gasteiger partial charge in [-0.1, -0.05) is 26.2 Å². The Labute approximate surface area is 107 Å². The number of aliphatic hydroxyl groups excluding tert-OH is 1. The highest BCUT2D eigenvalue weighted by atomic mass is 19.1. The van der Waals surface area contributed by atoms with Gasteiger partial charge in [-0.2, -0.15) is 0 Å². The maximum atomic E-state index is 13.1. The largest absolute Gasteiger partial charge is 0.388 e. The van der Waals surface area contributed by atoms with Gasteiger partial charge in [0, 0.05) is 6.07 Å². The second-order valence-electron chi connectivity index (χ2n) is 5.35. The van der Waals surface area contributed by atoms with E-state index in [0.29, 0.717) is 11.5 Å². The van der Waals surface area contributed by atoms with Crippen LogP contribution in [0.3, 0.4) is 0 Å². The van der Waals surface area contributed by atoms with E-state index >= 15 is 0 Å². The molecule has 0 radical (unpaired) electrons. The zero-order valence-electron chi connectivity index (χ0n) is 10.7. The van der Waals surface area contributed by atoms with Crippen molar-refractivity contribution in [2.45, 2.75) is 45.1 Å². The van der Waals surface area contributed by atoms with Crippen molar-refractivity contribution in [2.75, 3.05) is 0 Å². The minimum Gasteiger partial charge on any atom is -0.388 e. The van der Waals surface area contributed by atoms with Crippen molar-refractivity contribution < 1.29 is 13.9 Å². The van der Waals surface area contributed by atoms with E-state index in [2.05, 4.69) is 6.92 Å². The van der Waals surface area contributed by atoms with E-state index < -0.39 is 17.7 Å². The van der Waals surface area contributed by atoms with E-state index in [1.54, 1.807) is 0 Å². The van der Waals surface area contributed by atoms with E-state index in [9.17, 15) is 13.9 Å². The molecule has 18 heavy (non-hydrogen) atoms. The lowest BCUT2D eigenvalue weighted by Gasteiger charge is -2.32. The van der Waals surface area contributed by atoms with Crippen molar-refractivity contribution in [3.63, 3.8) is 0 Å². The summed E-state index contributed by atoms with van der Waals surface area (Å²) in [5.41, 5.74) is 0.370.